The minimum atomic E-state index is -0.0199. The number of halogens is 2. The topological polar surface area (TPSA) is 26.3 Å². The highest BCUT2D eigenvalue weighted by molar-refractivity contribution is 9.10. The molecule has 0 saturated heterocycles. The van der Waals surface area contributed by atoms with Gasteiger partial charge in [0.1, 0.15) is 5.75 Å². The number of ether oxygens (including phenoxy) is 1. The van der Waals surface area contributed by atoms with E-state index in [1.54, 1.807) is 31.4 Å². The van der Waals surface area contributed by atoms with E-state index in [-0.39, 0.29) is 5.78 Å². The van der Waals surface area contributed by atoms with Crippen LogP contribution in [0.25, 0.3) is 6.08 Å². The first-order valence-corrected chi connectivity index (χ1v) is 10.5. The molecule has 0 spiro atoms. The van der Waals surface area contributed by atoms with Gasteiger partial charge < -0.3 is 4.74 Å². The maximum Gasteiger partial charge on any atom is 0.199 e. The molecule has 0 atom stereocenters. The van der Waals surface area contributed by atoms with E-state index in [9.17, 15) is 4.79 Å². The lowest BCUT2D eigenvalue weighted by Gasteiger charge is -2.09. The summed E-state index contributed by atoms with van der Waals surface area (Å²) in [5.74, 6) is 0.707. The van der Waals surface area contributed by atoms with E-state index in [2.05, 4.69) is 31.9 Å². The zero-order chi connectivity index (χ0) is 19.2. The molecule has 3 aromatic rings. The zero-order valence-electron chi connectivity index (χ0n) is 14.5. The lowest BCUT2D eigenvalue weighted by molar-refractivity contribution is 0.104. The van der Waals surface area contributed by atoms with Gasteiger partial charge in [0.05, 0.1) is 12.0 Å². The number of methoxy groups -OCH3 is 1. The highest BCUT2D eigenvalue weighted by Gasteiger charge is 2.14. The number of carbonyl (C=O) groups is 1. The van der Waals surface area contributed by atoms with Crippen LogP contribution < -0.4 is 4.74 Å². The van der Waals surface area contributed by atoms with Crippen molar-refractivity contribution in [2.24, 2.45) is 0 Å². The second kappa shape index (κ2) is 9.40. The van der Waals surface area contributed by atoms with Crippen molar-refractivity contribution in [1.29, 1.82) is 0 Å². The molecule has 0 heterocycles. The maximum atomic E-state index is 13.1. The second-order valence-corrected chi connectivity index (χ2v) is 8.62. The third kappa shape index (κ3) is 5.58. The fraction of sp³-hybridized carbons (Fsp3) is 0.0455. The molecule has 0 N–H and O–H groups in total. The van der Waals surface area contributed by atoms with Crippen LogP contribution in [0.2, 0.25) is 0 Å². The predicted octanol–water partition coefficient (Wildman–Crippen LogP) is 7.24. The summed E-state index contributed by atoms with van der Waals surface area (Å²) in [5, 5.41) is 0. The third-order valence-corrected chi connectivity index (χ3v) is 5.87. The Kier molecular flexibility index (Phi) is 6.94. The van der Waals surface area contributed by atoms with Gasteiger partial charge in [-0.3, -0.25) is 4.79 Å². The number of rotatable bonds is 6. The van der Waals surface area contributed by atoms with Crippen molar-refractivity contribution in [3.63, 3.8) is 0 Å². The fourth-order valence-electron chi connectivity index (χ4n) is 2.37. The summed E-state index contributed by atoms with van der Waals surface area (Å²) in [6.45, 7) is 0. The summed E-state index contributed by atoms with van der Waals surface area (Å²) in [6, 6.07) is 23.0. The van der Waals surface area contributed by atoms with Crippen molar-refractivity contribution < 1.29 is 9.53 Å². The molecule has 2 nitrogen and oxygen atoms in total. The van der Waals surface area contributed by atoms with Gasteiger partial charge in [-0.15, -0.1) is 0 Å². The fourth-order valence-corrected chi connectivity index (χ4v) is 3.83. The van der Waals surface area contributed by atoms with Crippen LogP contribution >= 0.6 is 43.6 Å². The maximum absolute atomic E-state index is 13.1. The molecule has 3 aromatic carbocycles. The second-order valence-electron chi connectivity index (χ2n) is 5.67. The van der Waals surface area contributed by atoms with Gasteiger partial charge in [-0.05, 0) is 72.3 Å². The molecular formula is C22H16Br2O2S. The van der Waals surface area contributed by atoms with Crippen LogP contribution in [0.4, 0.5) is 0 Å². The Morgan fingerprint density at radius 1 is 0.852 bits per heavy atom. The largest absolute Gasteiger partial charge is 0.497 e. The van der Waals surface area contributed by atoms with Gasteiger partial charge in [-0.1, -0.05) is 55.8 Å². The van der Waals surface area contributed by atoms with Crippen LogP contribution in [0.5, 0.6) is 5.75 Å². The van der Waals surface area contributed by atoms with Crippen LogP contribution in [0.1, 0.15) is 15.9 Å². The van der Waals surface area contributed by atoms with Gasteiger partial charge in [0, 0.05) is 19.4 Å². The number of Topliss-reactive ketones (excluding diaryl/α,β-unsaturated/α-hetero) is 1. The molecule has 0 fully saturated rings. The van der Waals surface area contributed by atoms with Crippen molar-refractivity contribution in [1.82, 2.24) is 0 Å². The van der Waals surface area contributed by atoms with Crippen LogP contribution in [-0.4, -0.2) is 12.9 Å². The summed E-state index contributed by atoms with van der Waals surface area (Å²) in [7, 11) is 1.61. The van der Waals surface area contributed by atoms with Crippen LogP contribution in [0, 0.1) is 0 Å². The quantitative estimate of drug-likeness (QED) is 0.201. The summed E-state index contributed by atoms with van der Waals surface area (Å²) in [4.78, 5) is 14.8. The Morgan fingerprint density at radius 3 is 1.96 bits per heavy atom. The summed E-state index contributed by atoms with van der Waals surface area (Å²) >= 11 is 8.34. The highest BCUT2D eigenvalue weighted by Crippen LogP contribution is 2.32. The van der Waals surface area contributed by atoms with Crippen molar-refractivity contribution in [3.8, 4) is 5.75 Å². The average molecular weight is 504 g/mol. The van der Waals surface area contributed by atoms with Gasteiger partial charge in [0.2, 0.25) is 0 Å². The molecular weight excluding hydrogens is 488 g/mol. The van der Waals surface area contributed by atoms with Crippen LogP contribution in [0.15, 0.2) is 91.5 Å². The molecule has 136 valence electrons. The Hall–Kier alpha value is -1.82. The highest BCUT2D eigenvalue weighted by atomic mass is 79.9. The molecule has 0 bridgehead atoms. The lowest BCUT2D eigenvalue weighted by atomic mass is 10.1. The Balaban J connectivity index is 1.95. The molecule has 0 amide bonds. The third-order valence-electron chi connectivity index (χ3n) is 3.79. The summed E-state index contributed by atoms with van der Waals surface area (Å²) in [6.07, 6.45) is 1.92. The normalized spacial score (nSPS) is 11.3. The Morgan fingerprint density at radius 2 is 1.41 bits per heavy atom. The number of ketones is 1. The van der Waals surface area contributed by atoms with Gasteiger partial charge in [0.15, 0.2) is 5.78 Å². The van der Waals surface area contributed by atoms with Crippen molar-refractivity contribution in [2.75, 3.05) is 7.11 Å². The first-order valence-electron chi connectivity index (χ1n) is 8.14. The van der Waals surface area contributed by atoms with Crippen molar-refractivity contribution in [2.45, 2.75) is 4.90 Å². The van der Waals surface area contributed by atoms with Crippen molar-refractivity contribution >= 4 is 55.5 Å². The van der Waals surface area contributed by atoms with Crippen molar-refractivity contribution in [3.05, 3.63) is 97.8 Å². The smallest absolute Gasteiger partial charge is 0.199 e. The monoisotopic (exact) mass is 502 g/mol. The number of hydrogen-bond donors (Lipinski definition) is 0. The van der Waals surface area contributed by atoms with E-state index in [0.717, 1.165) is 25.2 Å². The average Bonchev–Trinajstić information content (AvgIpc) is 2.70. The van der Waals surface area contributed by atoms with Crippen LogP contribution in [-0.2, 0) is 0 Å². The van der Waals surface area contributed by atoms with Gasteiger partial charge in [0.25, 0.3) is 0 Å². The minimum absolute atomic E-state index is 0.0199. The van der Waals surface area contributed by atoms with E-state index in [1.165, 1.54) is 11.8 Å². The Bertz CT molecular complexity index is 947. The van der Waals surface area contributed by atoms with E-state index < -0.39 is 0 Å². The van der Waals surface area contributed by atoms with Gasteiger partial charge >= 0.3 is 0 Å². The first kappa shape index (κ1) is 19.9. The molecule has 3 rings (SSSR count). The molecule has 0 radical (unpaired) electrons. The first-order chi connectivity index (χ1) is 13.0. The number of benzene rings is 3. The van der Waals surface area contributed by atoms with Crippen LogP contribution in [0.3, 0.4) is 0 Å². The number of hydrogen-bond acceptors (Lipinski definition) is 3. The lowest BCUT2D eigenvalue weighted by Crippen LogP contribution is -2.01. The SMILES string of the molecule is COc1ccc(C(=O)C(=Cc2ccc(Br)cc2)Sc2ccc(Br)cc2)cc1. The van der Waals surface area contributed by atoms with E-state index in [1.807, 2.05) is 54.6 Å². The molecule has 0 aliphatic carbocycles. The van der Waals surface area contributed by atoms with Gasteiger partial charge in [-0.25, -0.2) is 0 Å². The summed E-state index contributed by atoms with van der Waals surface area (Å²) in [5.41, 5.74) is 1.60. The minimum Gasteiger partial charge on any atom is -0.497 e. The molecule has 0 aromatic heterocycles. The summed E-state index contributed by atoms with van der Waals surface area (Å²) < 4.78 is 7.19. The number of allylic oxidation sites excluding steroid dienone is 1. The number of carbonyl (C=O) groups excluding carboxylic acids is 1. The Labute approximate surface area is 179 Å². The van der Waals surface area contributed by atoms with E-state index in [4.69, 9.17) is 4.74 Å². The van der Waals surface area contributed by atoms with Gasteiger partial charge in [-0.2, -0.15) is 0 Å². The van der Waals surface area contributed by atoms with E-state index in [0.29, 0.717) is 10.5 Å². The molecule has 0 aliphatic heterocycles. The standard InChI is InChI=1S/C22H16Br2O2S/c1-26-19-10-4-16(5-11-19)22(25)21(14-15-2-6-17(23)7-3-15)27-20-12-8-18(24)9-13-20/h2-14H,1H3. The predicted molar refractivity (Wildman–Crippen MR) is 119 cm³/mol. The molecule has 0 aliphatic rings. The molecule has 0 unspecified atom stereocenters. The number of thioether (sulfide) groups is 1. The molecule has 27 heavy (non-hydrogen) atoms. The molecule has 0 saturated carbocycles. The zero-order valence-corrected chi connectivity index (χ0v) is 18.5. The molecule has 5 heteroatoms. The van der Waals surface area contributed by atoms with E-state index >= 15 is 0 Å².